The smallest absolute Gasteiger partial charge is 0.262 e. The molecule has 31 heavy (non-hydrogen) atoms. The molecule has 0 radical (unpaired) electrons. The Morgan fingerprint density at radius 2 is 1.84 bits per heavy atom. The number of anilines is 2. The van der Waals surface area contributed by atoms with Crippen molar-refractivity contribution in [3.05, 3.63) is 35.8 Å². The second-order valence-electron chi connectivity index (χ2n) is 8.08. The maximum atomic E-state index is 12.8. The van der Waals surface area contributed by atoms with Gasteiger partial charge in [0.1, 0.15) is 5.82 Å². The average molecular weight is 448 g/mol. The Balaban J connectivity index is 1.62. The summed E-state index contributed by atoms with van der Waals surface area (Å²) in [6, 6.07) is 6.07. The van der Waals surface area contributed by atoms with Crippen molar-refractivity contribution in [2.75, 3.05) is 36.4 Å². The molecular weight excluding hydrogens is 414 g/mol. The van der Waals surface area contributed by atoms with Gasteiger partial charge >= 0.3 is 0 Å². The topological polar surface area (TPSA) is 87.5 Å². The summed E-state index contributed by atoms with van der Waals surface area (Å²) < 4.78 is 28.8. The zero-order valence-electron chi connectivity index (χ0n) is 19.1. The Hall–Kier alpha value is -2.39. The molecule has 1 saturated heterocycles. The third kappa shape index (κ3) is 4.93. The van der Waals surface area contributed by atoms with Gasteiger partial charge in [0.15, 0.2) is 5.03 Å². The molecule has 3 rings (SSSR count). The molecule has 1 aliphatic rings. The second-order valence-corrected chi connectivity index (χ2v) is 9.96. The van der Waals surface area contributed by atoms with Gasteiger partial charge in [0.2, 0.25) is 5.91 Å². The van der Waals surface area contributed by atoms with Crippen molar-refractivity contribution >= 4 is 27.3 Å². The number of rotatable bonds is 7. The minimum absolute atomic E-state index is 0.0515. The molecular formula is C22H33N5O3S. The summed E-state index contributed by atoms with van der Waals surface area (Å²) in [6.45, 7) is 10.5. The van der Waals surface area contributed by atoms with Crippen LogP contribution in [0, 0.1) is 19.8 Å². The highest BCUT2D eigenvalue weighted by molar-refractivity contribution is 7.89. The van der Waals surface area contributed by atoms with Gasteiger partial charge < -0.3 is 14.8 Å². The Labute approximate surface area is 185 Å². The molecule has 1 N–H and O–H groups in total. The van der Waals surface area contributed by atoms with E-state index in [9.17, 15) is 13.2 Å². The van der Waals surface area contributed by atoms with Gasteiger partial charge in [-0.2, -0.15) is 4.31 Å². The van der Waals surface area contributed by atoms with Crippen LogP contribution in [0.1, 0.15) is 38.1 Å². The first-order chi connectivity index (χ1) is 14.7. The lowest BCUT2D eigenvalue weighted by molar-refractivity contribution is -0.120. The van der Waals surface area contributed by atoms with Crippen LogP contribution in [0.3, 0.4) is 0 Å². The standard InChI is InChI=1S/C22H33N5O3S/c1-6-26(7-2)19-8-9-20(16(3)14-19)24-22(28)18-10-12-27(13-11-18)31(29,30)21-15-25(5)17(4)23-21/h8-9,14-15,18H,6-7,10-13H2,1-5H3,(H,24,28). The van der Waals surface area contributed by atoms with E-state index in [0.29, 0.717) is 31.8 Å². The third-order valence-electron chi connectivity index (χ3n) is 6.11. The first-order valence-corrected chi connectivity index (χ1v) is 12.3. The predicted molar refractivity (Wildman–Crippen MR) is 123 cm³/mol. The number of nitrogens with zero attached hydrogens (tertiary/aromatic N) is 4. The van der Waals surface area contributed by atoms with Crippen LogP contribution in [0.5, 0.6) is 0 Å². The molecule has 2 aromatic rings. The molecule has 0 bridgehead atoms. The number of nitrogens with one attached hydrogen (secondary N) is 1. The zero-order chi connectivity index (χ0) is 22.8. The van der Waals surface area contributed by atoms with Crippen molar-refractivity contribution in [2.45, 2.75) is 45.6 Å². The number of carbonyl (C=O) groups is 1. The molecule has 0 unspecified atom stereocenters. The van der Waals surface area contributed by atoms with E-state index in [2.05, 4.69) is 35.1 Å². The lowest BCUT2D eigenvalue weighted by Crippen LogP contribution is -2.41. The molecule has 1 aromatic heterocycles. The Morgan fingerprint density at radius 1 is 1.19 bits per heavy atom. The van der Waals surface area contributed by atoms with Crippen LogP contribution in [0.4, 0.5) is 11.4 Å². The van der Waals surface area contributed by atoms with Crippen LogP contribution in [-0.4, -0.2) is 54.4 Å². The van der Waals surface area contributed by atoms with Crippen LogP contribution >= 0.6 is 0 Å². The van der Waals surface area contributed by atoms with Crippen molar-refractivity contribution in [2.24, 2.45) is 13.0 Å². The number of aryl methyl sites for hydroxylation is 3. The fourth-order valence-corrected chi connectivity index (χ4v) is 5.44. The number of hydrogen-bond acceptors (Lipinski definition) is 5. The molecule has 0 saturated carbocycles. The number of sulfonamides is 1. The van der Waals surface area contributed by atoms with Crippen LogP contribution in [0.15, 0.2) is 29.4 Å². The number of aromatic nitrogens is 2. The second kappa shape index (κ2) is 9.40. The van der Waals surface area contributed by atoms with E-state index >= 15 is 0 Å². The largest absolute Gasteiger partial charge is 0.372 e. The summed E-state index contributed by atoms with van der Waals surface area (Å²) in [7, 11) is -1.86. The van der Waals surface area contributed by atoms with Crippen molar-refractivity contribution in [1.82, 2.24) is 13.9 Å². The van der Waals surface area contributed by atoms with Crippen LogP contribution < -0.4 is 10.2 Å². The Morgan fingerprint density at radius 3 is 2.35 bits per heavy atom. The lowest BCUT2D eigenvalue weighted by atomic mass is 9.97. The highest BCUT2D eigenvalue weighted by Crippen LogP contribution is 2.27. The summed E-state index contributed by atoms with van der Waals surface area (Å²) in [4.78, 5) is 19.2. The molecule has 170 valence electrons. The van der Waals surface area contributed by atoms with Gasteiger partial charge in [-0.25, -0.2) is 13.4 Å². The molecule has 0 spiro atoms. The van der Waals surface area contributed by atoms with Crippen LogP contribution in [-0.2, 0) is 21.9 Å². The molecule has 2 heterocycles. The van der Waals surface area contributed by atoms with Gasteiger partial charge in [0, 0.05) is 56.7 Å². The van der Waals surface area contributed by atoms with E-state index in [1.807, 2.05) is 19.1 Å². The number of carbonyl (C=O) groups excluding carboxylic acids is 1. The number of imidazole rings is 1. The van der Waals surface area contributed by atoms with Crippen molar-refractivity contribution < 1.29 is 13.2 Å². The van der Waals surface area contributed by atoms with Gasteiger partial charge in [-0.3, -0.25) is 4.79 Å². The van der Waals surface area contributed by atoms with Gasteiger partial charge in [-0.05, 0) is 64.3 Å². The SMILES string of the molecule is CCN(CC)c1ccc(NC(=O)C2CCN(S(=O)(=O)c3cn(C)c(C)n3)CC2)c(C)c1. The van der Waals surface area contributed by atoms with Crippen molar-refractivity contribution in [1.29, 1.82) is 0 Å². The average Bonchev–Trinajstić information content (AvgIpc) is 3.10. The first kappa shape index (κ1) is 23.3. The summed E-state index contributed by atoms with van der Waals surface area (Å²) in [6.07, 6.45) is 2.52. The summed E-state index contributed by atoms with van der Waals surface area (Å²) in [5.74, 6) is 0.387. The van der Waals surface area contributed by atoms with Crippen LogP contribution in [0.25, 0.3) is 0 Å². The fourth-order valence-electron chi connectivity index (χ4n) is 3.95. The monoisotopic (exact) mass is 447 g/mol. The van der Waals surface area contributed by atoms with Crippen LogP contribution in [0.2, 0.25) is 0 Å². The third-order valence-corrected chi connectivity index (χ3v) is 7.88. The molecule has 1 aromatic carbocycles. The van der Waals surface area contributed by atoms with Gasteiger partial charge in [0.25, 0.3) is 10.0 Å². The predicted octanol–water partition coefficient (Wildman–Crippen LogP) is 2.92. The Kier molecular flexibility index (Phi) is 7.06. The maximum Gasteiger partial charge on any atom is 0.262 e. The highest BCUT2D eigenvalue weighted by atomic mass is 32.2. The van der Waals surface area contributed by atoms with Crippen molar-refractivity contribution in [3.8, 4) is 0 Å². The highest BCUT2D eigenvalue weighted by Gasteiger charge is 2.33. The molecule has 1 aliphatic heterocycles. The molecule has 0 atom stereocenters. The zero-order valence-corrected chi connectivity index (χ0v) is 19.9. The van der Waals surface area contributed by atoms with E-state index < -0.39 is 10.0 Å². The minimum Gasteiger partial charge on any atom is -0.372 e. The minimum atomic E-state index is -3.63. The molecule has 1 fully saturated rings. The molecule has 1 amide bonds. The Bertz CT molecular complexity index is 1020. The van der Waals surface area contributed by atoms with E-state index in [1.54, 1.807) is 18.5 Å². The number of benzene rings is 1. The lowest BCUT2D eigenvalue weighted by Gasteiger charge is -2.30. The molecule has 9 heteroatoms. The quantitative estimate of drug-likeness (QED) is 0.705. The van der Waals surface area contributed by atoms with E-state index in [4.69, 9.17) is 0 Å². The number of piperidine rings is 1. The van der Waals surface area contributed by atoms with Gasteiger partial charge in [-0.15, -0.1) is 0 Å². The fraction of sp³-hybridized carbons (Fsp3) is 0.545. The summed E-state index contributed by atoms with van der Waals surface area (Å²) in [5, 5.41) is 3.11. The van der Waals surface area contributed by atoms with E-state index in [1.165, 1.54) is 10.5 Å². The van der Waals surface area contributed by atoms with E-state index in [-0.39, 0.29) is 16.9 Å². The number of amides is 1. The van der Waals surface area contributed by atoms with Gasteiger partial charge in [0.05, 0.1) is 0 Å². The van der Waals surface area contributed by atoms with E-state index in [0.717, 1.165) is 30.0 Å². The maximum absolute atomic E-state index is 12.8. The van der Waals surface area contributed by atoms with Crippen molar-refractivity contribution in [3.63, 3.8) is 0 Å². The summed E-state index contributed by atoms with van der Waals surface area (Å²) in [5.41, 5.74) is 2.96. The summed E-state index contributed by atoms with van der Waals surface area (Å²) >= 11 is 0. The number of hydrogen-bond donors (Lipinski definition) is 1. The normalized spacial score (nSPS) is 15.8. The first-order valence-electron chi connectivity index (χ1n) is 10.8. The molecule has 8 nitrogen and oxygen atoms in total. The molecule has 0 aliphatic carbocycles. The van der Waals surface area contributed by atoms with Gasteiger partial charge in [-0.1, -0.05) is 0 Å².